The quantitative estimate of drug-likeness (QED) is 0.171. The summed E-state index contributed by atoms with van der Waals surface area (Å²) in [6, 6.07) is 15.0. The zero-order chi connectivity index (χ0) is 41.7. The molecule has 4 aliphatic heterocycles. The number of nitrogens with one attached hydrogen (secondary N) is 1. The molecular weight excluding hydrogens is 820 g/mol. The Morgan fingerprint density at radius 2 is 1.77 bits per heavy atom. The van der Waals surface area contributed by atoms with Gasteiger partial charge in [-0.3, -0.25) is 19.4 Å². The van der Waals surface area contributed by atoms with Gasteiger partial charge in [0.05, 0.1) is 23.6 Å². The van der Waals surface area contributed by atoms with E-state index in [0.717, 1.165) is 47.3 Å². The number of alkyl halides is 3. The van der Waals surface area contributed by atoms with E-state index >= 15 is 0 Å². The van der Waals surface area contributed by atoms with E-state index in [1.807, 2.05) is 53.4 Å². The smallest absolute Gasteiger partial charge is 0.420 e. The Bertz CT molecular complexity index is 2440. The van der Waals surface area contributed by atoms with Crippen LogP contribution in [0.1, 0.15) is 94.9 Å². The number of carbonyl (C=O) groups excluding carboxylic acids is 1. The Morgan fingerprint density at radius 3 is 2.48 bits per heavy atom. The van der Waals surface area contributed by atoms with Crippen molar-refractivity contribution >= 4 is 35.1 Å². The van der Waals surface area contributed by atoms with Crippen LogP contribution in [-0.2, 0) is 41.6 Å². The molecule has 4 atom stereocenters. The van der Waals surface area contributed by atoms with Gasteiger partial charge in [-0.15, -0.1) is 0 Å². The number of amides is 1. The number of carbonyl (C=O) groups is 2. The van der Waals surface area contributed by atoms with Crippen molar-refractivity contribution in [1.82, 2.24) is 20.1 Å². The van der Waals surface area contributed by atoms with E-state index in [1.54, 1.807) is 7.11 Å². The minimum absolute atomic E-state index is 0.0996. The number of hydrogen-bond donors (Lipinski definition) is 2. The van der Waals surface area contributed by atoms with Crippen LogP contribution < -0.4 is 19.5 Å². The average Bonchev–Trinajstić information content (AvgIpc) is 4.05. The molecular formula is C45H43Cl2F3N4O6. The van der Waals surface area contributed by atoms with E-state index in [0.29, 0.717) is 84.4 Å². The lowest BCUT2D eigenvalue weighted by Crippen LogP contribution is -2.66. The number of likely N-dealkylation sites (tertiary alicyclic amines) is 2. The summed E-state index contributed by atoms with van der Waals surface area (Å²) in [5, 5.41) is 13.5. The Morgan fingerprint density at radius 1 is 1.00 bits per heavy atom. The van der Waals surface area contributed by atoms with Crippen molar-refractivity contribution in [2.24, 2.45) is 5.92 Å². The number of carboxylic acids is 1. The summed E-state index contributed by atoms with van der Waals surface area (Å²) in [6.07, 6.45) is -1.52. The number of benzene rings is 3. The third-order valence-corrected chi connectivity index (χ3v) is 14.2. The molecule has 2 N–H and O–H groups in total. The molecule has 4 aromatic rings. The summed E-state index contributed by atoms with van der Waals surface area (Å²) in [5.41, 5.74) is 5.60. The number of pyridine rings is 1. The van der Waals surface area contributed by atoms with E-state index in [1.165, 1.54) is 0 Å². The van der Waals surface area contributed by atoms with Crippen molar-refractivity contribution in [3.05, 3.63) is 103 Å². The molecule has 3 fully saturated rings. The molecule has 10 nitrogen and oxygen atoms in total. The third-order valence-electron chi connectivity index (χ3n) is 13.5. The van der Waals surface area contributed by atoms with Gasteiger partial charge in [-0.2, -0.15) is 18.2 Å². The van der Waals surface area contributed by atoms with E-state index < -0.39 is 29.7 Å². The Kier molecular flexibility index (Phi) is 9.77. The summed E-state index contributed by atoms with van der Waals surface area (Å²) in [4.78, 5) is 32.4. The lowest BCUT2D eigenvalue weighted by atomic mass is 9.88. The Labute approximate surface area is 354 Å². The fourth-order valence-electron chi connectivity index (χ4n) is 10.8. The summed E-state index contributed by atoms with van der Waals surface area (Å²) in [6.45, 7) is 2.95. The van der Waals surface area contributed by atoms with E-state index in [-0.39, 0.29) is 53.6 Å². The highest BCUT2D eigenvalue weighted by molar-refractivity contribution is 6.34. The second-order valence-corrected chi connectivity index (χ2v) is 17.9. The number of fused-ring (bicyclic) bond motifs is 3. The first-order valence-corrected chi connectivity index (χ1v) is 21.3. The van der Waals surface area contributed by atoms with E-state index in [4.69, 9.17) is 37.4 Å². The fourth-order valence-corrected chi connectivity index (χ4v) is 11.3. The molecule has 0 saturated carbocycles. The Balaban J connectivity index is 0.887. The molecule has 15 heteroatoms. The minimum atomic E-state index is -4.64. The maximum absolute atomic E-state index is 14.9. The first kappa shape index (κ1) is 39.6. The maximum atomic E-state index is 14.9. The van der Waals surface area contributed by atoms with Gasteiger partial charge < -0.3 is 24.6 Å². The predicted molar refractivity (Wildman–Crippen MR) is 217 cm³/mol. The molecule has 3 saturated heterocycles. The number of hydrogen-bond acceptors (Lipinski definition) is 8. The molecule has 314 valence electrons. The zero-order valence-corrected chi connectivity index (χ0v) is 34.4. The molecule has 6 aliphatic rings. The van der Waals surface area contributed by atoms with Crippen LogP contribution in [0.3, 0.4) is 0 Å². The second kappa shape index (κ2) is 14.8. The number of methoxy groups -OCH3 is 1. The topological polar surface area (TPSA) is 113 Å². The summed E-state index contributed by atoms with van der Waals surface area (Å²) in [7, 11) is 1.56. The molecule has 2 aliphatic carbocycles. The lowest BCUT2D eigenvalue weighted by Gasteiger charge is -2.48. The number of ether oxygens (including phenoxy) is 3. The largest absolute Gasteiger partial charge is 0.484 e. The van der Waals surface area contributed by atoms with Crippen LogP contribution in [0.5, 0.6) is 17.5 Å². The van der Waals surface area contributed by atoms with Gasteiger partial charge in [0.2, 0.25) is 17.7 Å². The normalized spacial score (nSPS) is 24.2. The highest BCUT2D eigenvalue weighted by Crippen LogP contribution is 2.54. The number of aliphatic carboxylic acids is 1. The molecule has 1 unspecified atom stereocenters. The van der Waals surface area contributed by atoms with Crippen molar-refractivity contribution in [1.29, 1.82) is 0 Å². The van der Waals surface area contributed by atoms with Crippen LogP contribution in [0.25, 0.3) is 11.1 Å². The van der Waals surface area contributed by atoms with Crippen LogP contribution in [0, 0.1) is 5.92 Å². The molecule has 1 amide bonds. The van der Waals surface area contributed by atoms with Crippen LogP contribution in [0.4, 0.5) is 13.2 Å². The highest BCUT2D eigenvalue weighted by atomic mass is 35.5. The van der Waals surface area contributed by atoms with Gasteiger partial charge in [0, 0.05) is 61.8 Å². The van der Waals surface area contributed by atoms with Gasteiger partial charge in [0.25, 0.3) is 0 Å². The molecule has 5 heterocycles. The SMILES string of the molecule is COc1nc(O[C@H]2CCc3c(-c4cccc(C5Cc6cc7c(c(C(F)(F)F)c6O5)CC[C@H]7N5CC[C@@H](C(=O)O)C5)c4Cl)cccc32)c(Cl)cc1CN1CC2(CCC(=O)N2)C1. The first-order chi connectivity index (χ1) is 28.8. The number of nitrogens with zero attached hydrogens (tertiary/aromatic N) is 3. The highest BCUT2D eigenvalue weighted by Gasteiger charge is 2.48. The van der Waals surface area contributed by atoms with Crippen LogP contribution in [0.2, 0.25) is 10.0 Å². The number of aromatic nitrogens is 1. The van der Waals surface area contributed by atoms with Gasteiger partial charge in [-0.05, 0) is 84.5 Å². The molecule has 0 bridgehead atoms. The number of carboxylic acid groups (broad SMARTS) is 1. The van der Waals surface area contributed by atoms with Crippen LogP contribution in [0.15, 0.2) is 48.5 Å². The number of rotatable bonds is 9. The zero-order valence-electron chi connectivity index (χ0n) is 32.8. The lowest BCUT2D eigenvalue weighted by molar-refractivity contribution is -0.141. The molecule has 1 aromatic heterocycles. The fraction of sp³-hybridized carbons (Fsp3) is 0.444. The summed E-state index contributed by atoms with van der Waals surface area (Å²) in [5.74, 6) is -0.740. The van der Waals surface area contributed by atoms with E-state index in [2.05, 4.69) is 15.2 Å². The van der Waals surface area contributed by atoms with Crippen molar-refractivity contribution in [2.45, 2.75) is 87.9 Å². The standard InChI is InChI=1S/C45H43Cl2F3N4O6/c1-58-41-25(19-53-21-44(22-53)14-12-37(55)52-44)17-33(46)42(51-41)60-35-11-9-27-26(4-2-5-28(27)35)30-6-3-7-31(39(30)47)36-18-24-16-32-29(38(40(24)59-36)45(48,49)50)8-10-34(32)54-15-13-23(20-54)43(56)57/h2-7,16-17,23,34-36H,8-15,18-22H2,1H3,(H,52,55)(H,56,57)/t23-,34-,35+,36?/m1/s1. The van der Waals surface area contributed by atoms with Gasteiger partial charge in [-0.1, -0.05) is 65.7 Å². The summed E-state index contributed by atoms with van der Waals surface area (Å²) < 4.78 is 63.2. The second-order valence-electron chi connectivity index (χ2n) is 17.1. The van der Waals surface area contributed by atoms with Gasteiger partial charge in [0.1, 0.15) is 28.5 Å². The Hall–Kier alpha value is -4.56. The first-order valence-electron chi connectivity index (χ1n) is 20.5. The van der Waals surface area contributed by atoms with Crippen molar-refractivity contribution in [2.75, 3.05) is 33.3 Å². The predicted octanol–water partition coefficient (Wildman–Crippen LogP) is 8.68. The molecule has 0 radical (unpaired) electrons. The third kappa shape index (κ3) is 6.76. The summed E-state index contributed by atoms with van der Waals surface area (Å²) >= 11 is 14.0. The van der Waals surface area contributed by atoms with E-state index in [9.17, 15) is 27.9 Å². The maximum Gasteiger partial charge on any atom is 0.420 e. The molecule has 1 spiro atoms. The monoisotopic (exact) mass is 862 g/mol. The van der Waals surface area contributed by atoms with Crippen molar-refractivity contribution in [3.8, 4) is 28.6 Å². The average molecular weight is 864 g/mol. The van der Waals surface area contributed by atoms with Crippen molar-refractivity contribution in [3.63, 3.8) is 0 Å². The molecule has 60 heavy (non-hydrogen) atoms. The van der Waals surface area contributed by atoms with Gasteiger partial charge >= 0.3 is 12.1 Å². The number of halogens is 5. The molecule has 3 aromatic carbocycles. The minimum Gasteiger partial charge on any atom is -0.484 e. The van der Waals surface area contributed by atoms with Crippen molar-refractivity contribution < 1.29 is 42.1 Å². The van der Waals surface area contributed by atoms with Crippen LogP contribution in [-0.4, -0.2) is 70.6 Å². The van der Waals surface area contributed by atoms with Gasteiger partial charge in [0.15, 0.2) is 0 Å². The van der Waals surface area contributed by atoms with Crippen LogP contribution >= 0.6 is 23.2 Å². The van der Waals surface area contributed by atoms with Gasteiger partial charge in [-0.25, -0.2) is 0 Å². The molecule has 10 rings (SSSR count).